The van der Waals surface area contributed by atoms with E-state index in [1.165, 1.54) is 22.8 Å². The van der Waals surface area contributed by atoms with Crippen molar-refractivity contribution >= 4 is 22.7 Å². The van der Waals surface area contributed by atoms with Gasteiger partial charge in [-0.3, -0.25) is 19.0 Å². The fourth-order valence-electron chi connectivity index (χ4n) is 4.37. The summed E-state index contributed by atoms with van der Waals surface area (Å²) >= 11 is 0. The first kappa shape index (κ1) is 25.8. The van der Waals surface area contributed by atoms with E-state index in [1.54, 1.807) is 42.5 Å². The number of para-hydroxylation sites is 1. The normalized spacial score (nSPS) is 12.8. The highest BCUT2D eigenvalue weighted by Gasteiger charge is 2.19. The Morgan fingerprint density at radius 3 is 2.51 bits per heavy atom. The van der Waals surface area contributed by atoms with Gasteiger partial charge in [0.2, 0.25) is 12.7 Å². The molecular formula is C29H28N4O6. The van der Waals surface area contributed by atoms with Crippen LogP contribution in [0.2, 0.25) is 0 Å². The van der Waals surface area contributed by atoms with Gasteiger partial charge >= 0.3 is 5.69 Å². The van der Waals surface area contributed by atoms with Crippen molar-refractivity contribution in [3.05, 3.63) is 98.7 Å². The van der Waals surface area contributed by atoms with E-state index in [2.05, 4.69) is 10.6 Å². The van der Waals surface area contributed by atoms with Crippen molar-refractivity contribution in [2.45, 2.75) is 39.4 Å². The highest BCUT2D eigenvalue weighted by molar-refractivity contribution is 5.98. The summed E-state index contributed by atoms with van der Waals surface area (Å²) in [7, 11) is 0. The molecule has 2 amide bonds. The molecule has 0 fully saturated rings. The van der Waals surface area contributed by atoms with Crippen LogP contribution in [0.25, 0.3) is 16.6 Å². The Labute approximate surface area is 223 Å². The Bertz CT molecular complexity index is 1680. The van der Waals surface area contributed by atoms with Crippen LogP contribution in [0.15, 0.2) is 76.3 Å². The Kier molecular flexibility index (Phi) is 7.18. The Morgan fingerprint density at radius 1 is 0.974 bits per heavy atom. The number of carbonyl (C=O) groups excluding carboxylic acids is 2. The van der Waals surface area contributed by atoms with E-state index in [9.17, 15) is 19.2 Å². The minimum absolute atomic E-state index is 0.0861. The van der Waals surface area contributed by atoms with Crippen LogP contribution in [0.4, 0.5) is 0 Å². The van der Waals surface area contributed by atoms with Crippen molar-refractivity contribution in [3.8, 4) is 17.2 Å². The Morgan fingerprint density at radius 2 is 1.74 bits per heavy atom. The van der Waals surface area contributed by atoms with Crippen molar-refractivity contribution in [2.75, 3.05) is 6.79 Å². The third-order valence-electron chi connectivity index (χ3n) is 6.63. The molecule has 0 aliphatic carbocycles. The van der Waals surface area contributed by atoms with Crippen molar-refractivity contribution in [1.29, 1.82) is 0 Å². The predicted octanol–water partition coefficient (Wildman–Crippen LogP) is 2.73. The largest absolute Gasteiger partial charge is 0.454 e. The summed E-state index contributed by atoms with van der Waals surface area (Å²) in [6.45, 7) is 3.89. The lowest BCUT2D eigenvalue weighted by molar-refractivity contribution is -0.122. The average molecular weight is 529 g/mol. The second-order valence-electron chi connectivity index (χ2n) is 9.32. The lowest BCUT2D eigenvalue weighted by Crippen LogP contribution is -2.43. The number of nitrogens with zero attached hydrogens (tertiary/aromatic N) is 2. The van der Waals surface area contributed by atoms with Crippen LogP contribution in [0.1, 0.15) is 36.2 Å². The molecule has 0 bridgehead atoms. The minimum atomic E-state index is -0.670. The summed E-state index contributed by atoms with van der Waals surface area (Å²) in [6, 6.07) is 18.3. The molecule has 4 aromatic rings. The zero-order valence-corrected chi connectivity index (χ0v) is 21.6. The van der Waals surface area contributed by atoms with Gasteiger partial charge in [0.25, 0.3) is 11.5 Å². The third-order valence-corrected chi connectivity index (χ3v) is 6.63. The molecule has 10 heteroatoms. The maximum Gasteiger partial charge on any atom is 0.336 e. The zero-order valence-electron chi connectivity index (χ0n) is 21.6. The molecule has 1 aliphatic rings. The van der Waals surface area contributed by atoms with Crippen LogP contribution in [-0.4, -0.2) is 33.8 Å². The summed E-state index contributed by atoms with van der Waals surface area (Å²) in [6.07, 6.45) is 0.721. The molecule has 0 radical (unpaired) electrons. The first-order valence-corrected chi connectivity index (χ1v) is 12.7. The summed E-state index contributed by atoms with van der Waals surface area (Å²) in [5.41, 5.74) is 0.444. The van der Waals surface area contributed by atoms with Gasteiger partial charge in [-0.15, -0.1) is 0 Å². The zero-order chi connectivity index (χ0) is 27.5. The molecule has 1 atom stereocenters. The SMILES string of the molecule is CC[C@H](C)NC(=O)Cn1c(=O)n(-c2ccccc2)c(=O)c2ccc(C(=O)NCc3ccc4c(c3)OCO4)cc21. The standard InChI is InChI=1S/C29H28N4O6/c1-3-18(2)31-26(34)16-32-23-14-20(27(35)30-15-19-9-12-24-25(13-19)39-17-38-24)10-11-22(23)28(36)33(29(32)37)21-7-5-4-6-8-21/h4-14,18H,3,15-17H2,1-2H3,(H,30,35)(H,31,34)/t18-/m0/s1. The minimum Gasteiger partial charge on any atom is -0.454 e. The maximum atomic E-state index is 13.6. The number of hydrogen-bond acceptors (Lipinski definition) is 6. The van der Waals surface area contributed by atoms with Crippen molar-refractivity contribution in [2.24, 2.45) is 0 Å². The molecule has 0 spiro atoms. The van der Waals surface area contributed by atoms with E-state index in [0.717, 1.165) is 16.6 Å². The van der Waals surface area contributed by atoms with Gasteiger partial charge in [0.15, 0.2) is 11.5 Å². The number of benzene rings is 3. The van der Waals surface area contributed by atoms with E-state index < -0.39 is 17.2 Å². The van der Waals surface area contributed by atoms with Crippen molar-refractivity contribution < 1.29 is 19.1 Å². The Hall–Kier alpha value is -4.86. The highest BCUT2D eigenvalue weighted by atomic mass is 16.7. The van der Waals surface area contributed by atoms with Gasteiger partial charge in [0.1, 0.15) is 6.54 Å². The van der Waals surface area contributed by atoms with E-state index >= 15 is 0 Å². The summed E-state index contributed by atoms with van der Waals surface area (Å²) in [5, 5.41) is 5.91. The van der Waals surface area contributed by atoms with E-state index in [-0.39, 0.29) is 48.3 Å². The topological polar surface area (TPSA) is 121 Å². The van der Waals surface area contributed by atoms with Crippen LogP contribution in [-0.2, 0) is 17.9 Å². The Balaban J connectivity index is 1.52. The molecule has 0 saturated heterocycles. The van der Waals surface area contributed by atoms with Crippen LogP contribution >= 0.6 is 0 Å². The fourth-order valence-corrected chi connectivity index (χ4v) is 4.37. The lowest BCUT2D eigenvalue weighted by Gasteiger charge is -2.16. The highest BCUT2D eigenvalue weighted by Crippen LogP contribution is 2.32. The smallest absolute Gasteiger partial charge is 0.336 e. The number of hydrogen-bond donors (Lipinski definition) is 2. The molecule has 2 heterocycles. The number of rotatable bonds is 8. The molecule has 3 aromatic carbocycles. The number of fused-ring (bicyclic) bond motifs is 2. The summed E-state index contributed by atoms with van der Waals surface area (Å²) < 4.78 is 13.0. The fraction of sp³-hybridized carbons (Fsp3) is 0.241. The van der Waals surface area contributed by atoms with Crippen molar-refractivity contribution in [3.63, 3.8) is 0 Å². The average Bonchev–Trinajstić information content (AvgIpc) is 3.42. The molecular weight excluding hydrogens is 500 g/mol. The van der Waals surface area contributed by atoms with Crippen LogP contribution in [0.5, 0.6) is 11.5 Å². The molecule has 39 heavy (non-hydrogen) atoms. The number of carbonyl (C=O) groups is 2. The quantitative estimate of drug-likeness (QED) is 0.363. The van der Waals surface area contributed by atoms with Gasteiger partial charge in [0.05, 0.1) is 16.6 Å². The van der Waals surface area contributed by atoms with Gasteiger partial charge in [-0.1, -0.05) is 31.2 Å². The molecule has 1 aromatic heterocycles. The lowest BCUT2D eigenvalue weighted by atomic mass is 10.1. The summed E-state index contributed by atoms with van der Waals surface area (Å²) in [4.78, 5) is 52.9. The molecule has 1 aliphatic heterocycles. The first-order valence-electron chi connectivity index (χ1n) is 12.7. The maximum absolute atomic E-state index is 13.6. The van der Waals surface area contributed by atoms with Gasteiger partial charge in [-0.05, 0) is 61.4 Å². The second-order valence-corrected chi connectivity index (χ2v) is 9.32. The van der Waals surface area contributed by atoms with Crippen molar-refractivity contribution in [1.82, 2.24) is 19.8 Å². The molecule has 5 rings (SSSR count). The van der Waals surface area contributed by atoms with Crippen LogP contribution in [0.3, 0.4) is 0 Å². The second kappa shape index (κ2) is 10.9. The summed E-state index contributed by atoms with van der Waals surface area (Å²) in [5.74, 6) is 0.492. The van der Waals surface area contributed by atoms with E-state index in [4.69, 9.17) is 9.47 Å². The predicted molar refractivity (Wildman–Crippen MR) is 145 cm³/mol. The monoisotopic (exact) mass is 528 g/mol. The molecule has 10 nitrogen and oxygen atoms in total. The van der Waals surface area contributed by atoms with Gasteiger partial charge < -0.3 is 20.1 Å². The van der Waals surface area contributed by atoms with Crippen LogP contribution in [0, 0.1) is 0 Å². The number of aromatic nitrogens is 2. The van der Waals surface area contributed by atoms with E-state index in [1.807, 2.05) is 19.9 Å². The molecule has 2 N–H and O–H groups in total. The van der Waals surface area contributed by atoms with Gasteiger partial charge in [0, 0.05) is 18.2 Å². The number of ether oxygens (including phenoxy) is 2. The molecule has 0 saturated carbocycles. The van der Waals surface area contributed by atoms with Crippen LogP contribution < -0.4 is 31.4 Å². The molecule has 0 unspecified atom stereocenters. The molecule has 200 valence electrons. The van der Waals surface area contributed by atoms with Gasteiger partial charge in [-0.25, -0.2) is 9.36 Å². The first-order chi connectivity index (χ1) is 18.9. The number of amides is 2. The number of nitrogens with one attached hydrogen (secondary N) is 2. The van der Waals surface area contributed by atoms with E-state index in [0.29, 0.717) is 17.2 Å². The third kappa shape index (κ3) is 5.26. The van der Waals surface area contributed by atoms with Gasteiger partial charge in [-0.2, -0.15) is 0 Å².